The first kappa shape index (κ1) is 9.79. The molecule has 4 N–H and O–H groups in total. The van der Waals surface area contributed by atoms with Crippen molar-refractivity contribution < 1.29 is 0 Å². The minimum absolute atomic E-state index is 0.0738. The Kier molecular flexibility index (Phi) is 2.73. The largest absolute Gasteiger partial charge is 0.384 e. The summed E-state index contributed by atoms with van der Waals surface area (Å²) in [5, 5.41) is 8.23. The molecule has 0 radical (unpaired) electrons. The van der Waals surface area contributed by atoms with Crippen LogP contribution in [0.1, 0.15) is 5.56 Å². The molecule has 0 aliphatic heterocycles. The van der Waals surface area contributed by atoms with Gasteiger partial charge in [0.25, 0.3) is 0 Å². The second kappa shape index (κ2) is 4.18. The first-order chi connectivity index (χ1) is 7.27. The highest BCUT2D eigenvalue weighted by atomic mass is 32.2. The zero-order valence-corrected chi connectivity index (χ0v) is 8.71. The highest BCUT2D eigenvalue weighted by Gasteiger charge is 2.06. The summed E-state index contributed by atoms with van der Waals surface area (Å²) in [6, 6.07) is 7.53. The van der Waals surface area contributed by atoms with Crippen LogP contribution < -0.4 is 5.73 Å². The highest BCUT2D eigenvalue weighted by Crippen LogP contribution is 2.27. The van der Waals surface area contributed by atoms with Crippen LogP contribution in [0.25, 0.3) is 0 Å². The molecular weight excluding hydrogens is 208 g/mol. The van der Waals surface area contributed by atoms with E-state index in [9.17, 15) is 0 Å². The number of hydrogen-bond donors (Lipinski definition) is 3. The fraction of sp³-hybridized carbons (Fsp3) is 0. The molecule has 76 valence electrons. The maximum atomic E-state index is 7.44. The number of aromatic nitrogens is 2. The number of aromatic amines is 1. The maximum Gasteiger partial charge on any atom is 0.170 e. The van der Waals surface area contributed by atoms with Crippen molar-refractivity contribution in [3.8, 4) is 0 Å². The number of nitrogen functional groups attached to an aromatic ring is 1. The van der Waals surface area contributed by atoms with Crippen LogP contribution in [0, 0.1) is 5.41 Å². The van der Waals surface area contributed by atoms with E-state index in [1.165, 1.54) is 11.8 Å². The molecule has 4 nitrogen and oxygen atoms in total. The Morgan fingerprint density at radius 2 is 2.20 bits per heavy atom. The molecule has 0 fully saturated rings. The molecule has 0 spiro atoms. The van der Waals surface area contributed by atoms with E-state index in [1.807, 2.05) is 24.3 Å². The second-order valence-corrected chi connectivity index (χ2v) is 3.94. The first-order valence-electron chi connectivity index (χ1n) is 4.38. The number of amidine groups is 1. The number of benzene rings is 1. The lowest BCUT2D eigenvalue weighted by molar-refractivity contribution is 1.06. The lowest BCUT2D eigenvalue weighted by Crippen LogP contribution is -2.11. The van der Waals surface area contributed by atoms with Crippen LogP contribution in [0.15, 0.2) is 46.7 Å². The third-order valence-electron chi connectivity index (χ3n) is 1.86. The van der Waals surface area contributed by atoms with Crippen LogP contribution in [0.2, 0.25) is 0 Å². The van der Waals surface area contributed by atoms with Crippen molar-refractivity contribution in [1.29, 1.82) is 5.41 Å². The van der Waals surface area contributed by atoms with Gasteiger partial charge in [0.15, 0.2) is 5.16 Å². The molecule has 5 heteroatoms. The molecule has 0 saturated heterocycles. The van der Waals surface area contributed by atoms with Gasteiger partial charge in [0.2, 0.25) is 0 Å². The molecule has 0 bridgehead atoms. The van der Waals surface area contributed by atoms with Crippen molar-refractivity contribution in [2.75, 3.05) is 0 Å². The van der Waals surface area contributed by atoms with Crippen LogP contribution in [0.4, 0.5) is 0 Å². The molecular formula is C10H10N4S. The number of nitrogens with zero attached hydrogens (tertiary/aromatic N) is 1. The summed E-state index contributed by atoms with van der Waals surface area (Å²) in [4.78, 5) is 8.03. The third kappa shape index (κ3) is 2.19. The lowest BCUT2D eigenvalue weighted by Gasteiger charge is -2.04. The Morgan fingerprint density at radius 1 is 1.40 bits per heavy atom. The summed E-state index contributed by atoms with van der Waals surface area (Å²) in [6.45, 7) is 0. The van der Waals surface area contributed by atoms with E-state index in [4.69, 9.17) is 11.1 Å². The zero-order valence-electron chi connectivity index (χ0n) is 7.90. The van der Waals surface area contributed by atoms with Gasteiger partial charge in [0, 0.05) is 22.9 Å². The highest BCUT2D eigenvalue weighted by molar-refractivity contribution is 7.99. The molecule has 0 saturated carbocycles. The van der Waals surface area contributed by atoms with Crippen LogP contribution in [0.5, 0.6) is 0 Å². The standard InChI is InChI=1S/C10H10N4S/c11-9(12)7-3-1-2-4-8(7)15-10-13-5-6-14-10/h1-6H,(H3,11,12)(H,13,14). The molecule has 1 aromatic carbocycles. The van der Waals surface area contributed by atoms with Crippen LogP contribution in [-0.2, 0) is 0 Å². The van der Waals surface area contributed by atoms with Gasteiger partial charge in [-0.05, 0) is 6.07 Å². The molecule has 1 aromatic heterocycles. The first-order valence-corrected chi connectivity index (χ1v) is 5.19. The van der Waals surface area contributed by atoms with Crippen molar-refractivity contribution in [3.63, 3.8) is 0 Å². The van der Waals surface area contributed by atoms with Crippen molar-refractivity contribution in [2.24, 2.45) is 5.73 Å². The van der Waals surface area contributed by atoms with Crippen molar-refractivity contribution in [1.82, 2.24) is 9.97 Å². The quantitative estimate of drug-likeness (QED) is 0.543. The van der Waals surface area contributed by atoms with Crippen LogP contribution >= 0.6 is 11.8 Å². The molecule has 2 rings (SSSR count). The van der Waals surface area contributed by atoms with Gasteiger partial charge in [0.1, 0.15) is 5.84 Å². The number of H-pyrrole nitrogens is 1. The zero-order chi connectivity index (χ0) is 10.7. The number of imidazole rings is 1. The topological polar surface area (TPSA) is 78.6 Å². The number of nitrogens with two attached hydrogens (primary N) is 1. The van der Waals surface area contributed by atoms with Crippen molar-refractivity contribution in [2.45, 2.75) is 10.1 Å². The molecule has 2 aromatic rings. The summed E-state index contributed by atoms with van der Waals surface area (Å²) >= 11 is 1.46. The minimum atomic E-state index is 0.0738. The summed E-state index contributed by atoms with van der Waals surface area (Å²) in [7, 11) is 0. The fourth-order valence-corrected chi connectivity index (χ4v) is 2.07. The van der Waals surface area contributed by atoms with E-state index in [0.29, 0.717) is 0 Å². The summed E-state index contributed by atoms with van der Waals surface area (Å²) in [5.74, 6) is 0.0738. The molecule has 1 heterocycles. The van der Waals surface area contributed by atoms with Crippen molar-refractivity contribution >= 4 is 17.6 Å². The van der Waals surface area contributed by atoms with E-state index in [-0.39, 0.29) is 5.84 Å². The van der Waals surface area contributed by atoms with Crippen molar-refractivity contribution in [3.05, 3.63) is 42.2 Å². The SMILES string of the molecule is N=C(N)c1ccccc1Sc1ncc[nH]1. The molecule has 0 atom stereocenters. The Bertz CT molecular complexity index is 464. The van der Waals surface area contributed by atoms with E-state index < -0.39 is 0 Å². The van der Waals surface area contributed by atoms with E-state index in [0.717, 1.165) is 15.6 Å². The average Bonchev–Trinajstić information content (AvgIpc) is 2.71. The predicted octanol–water partition coefficient (Wildman–Crippen LogP) is 1.84. The van der Waals surface area contributed by atoms with E-state index in [2.05, 4.69) is 9.97 Å². The Morgan fingerprint density at radius 3 is 2.87 bits per heavy atom. The minimum Gasteiger partial charge on any atom is -0.384 e. The Labute approximate surface area is 91.4 Å². The van der Waals surface area contributed by atoms with Crippen LogP contribution in [-0.4, -0.2) is 15.8 Å². The van der Waals surface area contributed by atoms with Gasteiger partial charge in [-0.1, -0.05) is 30.0 Å². The summed E-state index contributed by atoms with van der Waals surface area (Å²) < 4.78 is 0. The number of hydrogen-bond acceptors (Lipinski definition) is 3. The Balaban J connectivity index is 2.32. The third-order valence-corrected chi connectivity index (χ3v) is 2.85. The second-order valence-electron chi connectivity index (χ2n) is 2.91. The smallest absolute Gasteiger partial charge is 0.170 e. The fourth-order valence-electron chi connectivity index (χ4n) is 1.19. The van der Waals surface area contributed by atoms with Crippen LogP contribution in [0.3, 0.4) is 0 Å². The van der Waals surface area contributed by atoms with Gasteiger partial charge >= 0.3 is 0 Å². The maximum absolute atomic E-state index is 7.44. The normalized spacial score (nSPS) is 10.1. The summed E-state index contributed by atoms with van der Waals surface area (Å²) in [6.07, 6.45) is 3.46. The molecule has 0 amide bonds. The van der Waals surface area contributed by atoms with Gasteiger partial charge in [-0.2, -0.15) is 0 Å². The van der Waals surface area contributed by atoms with Gasteiger partial charge in [-0.15, -0.1) is 0 Å². The van der Waals surface area contributed by atoms with Gasteiger partial charge in [-0.25, -0.2) is 4.98 Å². The number of rotatable bonds is 3. The lowest BCUT2D eigenvalue weighted by atomic mass is 10.2. The average molecular weight is 218 g/mol. The van der Waals surface area contributed by atoms with E-state index in [1.54, 1.807) is 12.4 Å². The summed E-state index contributed by atoms with van der Waals surface area (Å²) in [5.41, 5.74) is 6.22. The molecule has 0 aliphatic rings. The predicted molar refractivity (Wildman–Crippen MR) is 60.2 cm³/mol. The van der Waals surface area contributed by atoms with E-state index >= 15 is 0 Å². The monoisotopic (exact) mass is 218 g/mol. The number of nitrogens with one attached hydrogen (secondary N) is 2. The Hall–Kier alpha value is -1.75. The molecule has 0 unspecified atom stereocenters. The molecule has 0 aliphatic carbocycles. The van der Waals surface area contributed by atoms with Gasteiger partial charge in [-0.3, -0.25) is 5.41 Å². The van der Waals surface area contributed by atoms with Gasteiger partial charge in [0.05, 0.1) is 0 Å². The molecule has 15 heavy (non-hydrogen) atoms. The van der Waals surface area contributed by atoms with Gasteiger partial charge < -0.3 is 10.7 Å².